The molecule has 1 aliphatic heterocycles. The lowest BCUT2D eigenvalue weighted by Crippen LogP contribution is -2.34. The molecule has 1 aromatic carbocycles. The minimum atomic E-state index is -4.56. The summed E-state index contributed by atoms with van der Waals surface area (Å²) in [5, 5.41) is 4.51. The maximum absolute atomic E-state index is 13.8. The SMILES string of the molecule is CCN1CCC(n2cc(Cc3ncc(C(F)(F)F)c(CCc4ccccc4C(C)C(N)=O)n3)cn2)CC1. The number of hydrogen-bond donors (Lipinski definition) is 1. The Bertz CT molecular complexity index is 1220. The second kappa shape index (κ2) is 11.4. The second-order valence-corrected chi connectivity index (χ2v) is 9.64. The third-order valence-electron chi connectivity index (χ3n) is 7.20. The Morgan fingerprint density at radius 1 is 1.16 bits per heavy atom. The number of aryl methyl sites for hydroxylation is 2. The van der Waals surface area contributed by atoms with Crippen molar-refractivity contribution in [3.8, 4) is 0 Å². The van der Waals surface area contributed by atoms with E-state index in [4.69, 9.17) is 5.73 Å². The number of likely N-dealkylation sites (tertiary alicyclic amines) is 1. The summed E-state index contributed by atoms with van der Waals surface area (Å²) in [7, 11) is 0. The number of piperidine rings is 1. The van der Waals surface area contributed by atoms with E-state index in [-0.39, 0.29) is 12.1 Å². The first-order valence-electron chi connectivity index (χ1n) is 12.7. The summed E-state index contributed by atoms with van der Waals surface area (Å²) in [5.74, 6) is -0.698. The van der Waals surface area contributed by atoms with Gasteiger partial charge in [0.1, 0.15) is 5.82 Å². The van der Waals surface area contributed by atoms with Gasteiger partial charge in [-0.05, 0) is 55.8 Å². The molecule has 4 rings (SSSR count). The zero-order valence-corrected chi connectivity index (χ0v) is 21.2. The lowest BCUT2D eigenvalue weighted by Gasteiger charge is -2.31. The number of nitrogens with zero attached hydrogens (tertiary/aromatic N) is 5. The first-order valence-corrected chi connectivity index (χ1v) is 12.7. The third kappa shape index (κ3) is 6.54. The van der Waals surface area contributed by atoms with Crippen LogP contribution in [0.15, 0.2) is 42.9 Å². The van der Waals surface area contributed by atoms with Gasteiger partial charge in [-0.3, -0.25) is 9.48 Å². The van der Waals surface area contributed by atoms with E-state index < -0.39 is 23.6 Å². The lowest BCUT2D eigenvalue weighted by molar-refractivity contribution is -0.138. The summed E-state index contributed by atoms with van der Waals surface area (Å²) in [6.45, 7) is 6.95. The number of carbonyl (C=O) groups is 1. The molecular weight excluding hydrogens is 481 g/mol. The molecule has 0 radical (unpaired) electrons. The minimum Gasteiger partial charge on any atom is -0.369 e. The van der Waals surface area contributed by atoms with Gasteiger partial charge < -0.3 is 10.6 Å². The van der Waals surface area contributed by atoms with Crippen molar-refractivity contribution in [3.05, 3.63) is 76.6 Å². The maximum Gasteiger partial charge on any atom is 0.419 e. The molecule has 0 bridgehead atoms. The van der Waals surface area contributed by atoms with Crippen LogP contribution in [0, 0.1) is 0 Å². The van der Waals surface area contributed by atoms with Crippen molar-refractivity contribution in [2.75, 3.05) is 19.6 Å². The van der Waals surface area contributed by atoms with Gasteiger partial charge in [0.15, 0.2) is 0 Å². The van der Waals surface area contributed by atoms with Gasteiger partial charge in [0, 0.05) is 31.9 Å². The Morgan fingerprint density at radius 2 is 1.89 bits per heavy atom. The molecule has 1 fully saturated rings. The Balaban J connectivity index is 1.51. The number of primary amides is 1. The van der Waals surface area contributed by atoms with Gasteiger partial charge in [0.2, 0.25) is 5.91 Å². The number of amides is 1. The van der Waals surface area contributed by atoms with Crippen molar-refractivity contribution >= 4 is 5.91 Å². The Kier molecular flexibility index (Phi) is 8.26. The second-order valence-electron chi connectivity index (χ2n) is 9.64. The van der Waals surface area contributed by atoms with Crippen LogP contribution in [0.5, 0.6) is 0 Å². The van der Waals surface area contributed by atoms with Gasteiger partial charge in [-0.1, -0.05) is 31.2 Å². The van der Waals surface area contributed by atoms with Gasteiger partial charge >= 0.3 is 6.18 Å². The highest BCUT2D eigenvalue weighted by Crippen LogP contribution is 2.32. The van der Waals surface area contributed by atoms with Crippen LogP contribution in [0.25, 0.3) is 0 Å². The van der Waals surface area contributed by atoms with Gasteiger partial charge in [-0.25, -0.2) is 9.97 Å². The highest BCUT2D eigenvalue weighted by Gasteiger charge is 2.35. The van der Waals surface area contributed by atoms with Crippen LogP contribution in [0.1, 0.15) is 72.4 Å². The molecule has 0 saturated carbocycles. The van der Waals surface area contributed by atoms with E-state index in [1.165, 1.54) is 0 Å². The number of benzene rings is 1. The molecular formula is C27H33F3N6O. The normalized spacial score (nSPS) is 16.1. The van der Waals surface area contributed by atoms with Crippen LogP contribution in [-0.4, -0.2) is 50.2 Å². The van der Waals surface area contributed by atoms with Gasteiger partial charge in [-0.2, -0.15) is 18.3 Å². The summed E-state index contributed by atoms with van der Waals surface area (Å²) < 4.78 is 43.2. The molecule has 0 spiro atoms. The molecule has 1 amide bonds. The number of carbonyl (C=O) groups excluding carboxylic acids is 1. The molecule has 1 saturated heterocycles. The van der Waals surface area contributed by atoms with Crippen molar-refractivity contribution in [1.82, 2.24) is 24.6 Å². The van der Waals surface area contributed by atoms with Crippen LogP contribution >= 0.6 is 0 Å². The molecule has 198 valence electrons. The largest absolute Gasteiger partial charge is 0.419 e. The molecule has 7 nitrogen and oxygen atoms in total. The van der Waals surface area contributed by atoms with Crippen molar-refractivity contribution in [3.63, 3.8) is 0 Å². The topological polar surface area (TPSA) is 89.9 Å². The zero-order chi connectivity index (χ0) is 26.6. The third-order valence-corrected chi connectivity index (χ3v) is 7.20. The number of nitrogens with two attached hydrogens (primary N) is 1. The van der Waals surface area contributed by atoms with Crippen molar-refractivity contribution in [2.45, 2.75) is 64.1 Å². The van der Waals surface area contributed by atoms with E-state index >= 15 is 0 Å². The summed E-state index contributed by atoms with van der Waals surface area (Å²) in [5.41, 5.74) is 6.93. The van der Waals surface area contributed by atoms with Gasteiger partial charge in [0.05, 0.1) is 29.4 Å². The van der Waals surface area contributed by atoms with Crippen molar-refractivity contribution < 1.29 is 18.0 Å². The molecule has 0 aliphatic carbocycles. The van der Waals surface area contributed by atoms with Gasteiger partial charge in [0.25, 0.3) is 0 Å². The van der Waals surface area contributed by atoms with Gasteiger partial charge in [-0.15, -0.1) is 0 Å². The monoisotopic (exact) mass is 514 g/mol. The number of aromatic nitrogens is 4. The van der Waals surface area contributed by atoms with E-state index in [1.807, 2.05) is 16.9 Å². The Hall–Kier alpha value is -3.27. The fourth-order valence-electron chi connectivity index (χ4n) is 4.91. The van der Waals surface area contributed by atoms with Crippen LogP contribution in [-0.2, 0) is 30.2 Å². The summed E-state index contributed by atoms with van der Waals surface area (Å²) in [4.78, 5) is 22.5. The molecule has 2 N–H and O–H groups in total. The highest BCUT2D eigenvalue weighted by atomic mass is 19.4. The molecule has 3 aromatic rings. The molecule has 1 atom stereocenters. The van der Waals surface area contributed by atoms with Crippen LogP contribution in [0.4, 0.5) is 13.2 Å². The fraction of sp³-hybridized carbons (Fsp3) is 0.481. The molecule has 10 heteroatoms. The average Bonchev–Trinajstić information content (AvgIpc) is 3.35. The maximum atomic E-state index is 13.8. The van der Waals surface area contributed by atoms with E-state index in [0.717, 1.165) is 55.4 Å². The summed E-state index contributed by atoms with van der Waals surface area (Å²) in [6, 6.07) is 7.50. The number of alkyl halides is 3. The lowest BCUT2D eigenvalue weighted by atomic mass is 9.92. The molecule has 3 heterocycles. The predicted molar refractivity (Wildman–Crippen MR) is 134 cm³/mol. The Labute approximate surface area is 214 Å². The molecule has 2 aromatic heterocycles. The van der Waals surface area contributed by atoms with Crippen molar-refractivity contribution in [2.24, 2.45) is 5.73 Å². The number of rotatable bonds is 9. The summed E-state index contributed by atoms with van der Waals surface area (Å²) in [6.07, 6.45) is 2.70. The number of hydrogen-bond acceptors (Lipinski definition) is 5. The average molecular weight is 515 g/mol. The molecule has 1 unspecified atom stereocenters. The summed E-state index contributed by atoms with van der Waals surface area (Å²) >= 11 is 0. The first-order chi connectivity index (χ1) is 17.7. The van der Waals surface area contributed by atoms with E-state index in [9.17, 15) is 18.0 Å². The van der Waals surface area contributed by atoms with Crippen LogP contribution < -0.4 is 5.73 Å². The van der Waals surface area contributed by atoms with E-state index in [1.54, 1.807) is 31.3 Å². The highest BCUT2D eigenvalue weighted by molar-refractivity contribution is 5.81. The fourth-order valence-corrected chi connectivity index (χ4v) is 4.91. The predicted octanol–water partition coefficient (Wildman–Crippen LogP) is 4.31. The zero-order valence-electron chi connectivity index (χ0n) is 21.2. The molecule has 1 aliphatic rings. The van der Waals surface area contributed by atoms with E-state index in [2.05, 4.69) is 26.9 Å². The van der Waals surface area contributed by atoms with Crippen molar-refractivity contribution in [1.29, 1.82) is 0 Å². The molecule has 37 heavy (non-hydrogen) atoms. The smallest absolute Gasteiger partial charge is 0.369 e. The minimum absolute atomic E-state index is 0.0571. The van der Waals surface area contributed by atoms with Crippen LogP contribution in [0.2, 0.25) is 0 Å². The Morgan fingerprint density at radius 3 is 2.57 bits per heavy atom. The van der Waals surface area contributed by atoms with E-state index in [0.29, 0.717) is 24.7 Å². The first kappa shape index (κ1) is 26.8. The van der Waals surface area contributed by atoms with Crippen LogP contribution in [0.3, 0.4) is 0 Å². The quantitative estimate of drug-likeness (QED) is 0.460. The standard InChI is InChI=1S/C27H33F3N6O/c1-3-35-12-10-21(11-13-35)36-17-19(15-33-36)14-25-32-16-23(27(28,29)30)24(34-25)9-8-20-6-4-5-7-22(20)18(2)26(31)37/h4-7,15-18,21H,3,8-14H2,1-2H3,(H2,31,37). The number of halogens is 3.